The summed E-state index contributed by atoms with van der Waals surface area (Å²) in [4.78, 5) is 50.8. The van der Waals surface area contributed by atoms with E-state index in [9.17, 15) is 28.7 Å². The molecule has 13 heteroatoms. The van der Waals surface area contributed by atoms with Gasteiger partial charge in [0.05, 0.1) is 17.6 Å². The first-order chi connectivity index (χ1) is 15.2. The number of halogens is 1. The summed E-state index contributed by atoms with van der Waals surface area (Å²) in [5.41, 5.74) is 8.87. The minimum absolute atomic E-state index is 0.00824. The van der Waals surface area contributed by atoms with E-state index in [2.05, 4.69) is 20.7 Å². The number of carbonyl (C=O) groups excluding carboxylic acids is 1. The second-order valence-electron chi connectivity index (χ2n) is 6.74. The van der Waals surface area contributed by atoms with Crippen molar-refractivity contribution >= 4 is 40.3 Å². The van der Waals surface area contributed by atoms with Crippen LogP contribution in [-0.2, 0) is 6.54 Å². The Morgan fingerprint density at radius 2 is 1.91 bits per heavy atom. The van der Waals surface area contributed by atoms with Gasteiger partial charge < -0.3 is 27.2 Å². The lowest BCUT2D eigenvalue weighted by atomic mass is 10.1. The highest BCUT2D eigenvalue weighted by molar-refractivity contribution is 5.96. The Morgan fingerprint density at radius 1 is 1.16 bits per heavy atom. The maximum atomic E-state index is 14.1. The normalized spacial score (nSPS) is 11.0. The number of hydrogen-bond donors (Lipinski definition) is 5. The molecule has 2 aromatic heterocycles. The van der Waals surface area contributed by atoms with Crippen LogP contribution in [0.15, 0.2) is 40.1 Å². The van der Waals surface area contributed by atoms with Crippen LogP contribution in [0, 0.1) is 5.82 Å². The number of nitrogens with two attached hydrogens (primary N) is 2. The van der Waals surface area contributed by atoms with Crippen LogP contribution in [0.2, 0.25) is 0 Å². The molecule has 0 saturated carbocycles. The highest BCUT2D eigenvalue weighted by atomic mass is 19.1. The van der Waals surface area contributed by atoms with Gasteiger partial charge >= 0.3 is 5.97 Å². The Morgan fingerprint density at radius 3 is 2.59 bits per heavy atom. The first-order valence-corrected chi connectivity index (χ1v) is 8.97. The number of hydrogen-bond acceptors (Lipinski definition) is 9. The number of carbonyl (C=O) groups is 2. The standard InChI is InChI=1S/C19H14FN7O5/c20-8-2-1-7(3-10(8)25-14-13(22)15(28)16(14)29)5-23-18(30)11-4-12(19(31)32)27-17(26-11)9(21)6-24-27/h1-4,6,25H,5,21-22H2,(H,23,30)(H,31,32). The summed E-state index contributed by atoms with van der Waals surface area (Å²) in [6.45, 7) is -0.0841. The van der Waals surface area contributed by atoms with E-state index in [0.29, 0.717) is 5.56 Å². The molecule has 0 bridgehead atoms. The van der Waals surface area contributed by atoms with E-state index in [0.717, 1.165) is 16.6 Å². The number of rotatable bonds is 6. The smallest absolute Gasteiger partial charge is 0.354 e. The van der Waals surface area contributed by atoms with Crippen LogP contribution in [0.1, 0.15) is 26.5 Å². The number of aromatic carboxylic acids is 1. The molecular formula is C19H14FN7O5. The summed E-state index contributed by atoms with van der Waals surface area (Å²) >= 11 is 0. The van der Waals surface area contributed by atoms with Gasteiger partial charge in [-0.05, 0) is 17.7 Å². The first kappa shape index (κ1) is 20.5. The fourth-order valence-corrected chi connectivity index (χ4v) is 2.97. The van der Waals surface area contributed by atoms with Gasteiger partial charge in [0.15, 0.2) is 11.3 Å². The average Bonchev–Trinajstić information content (AvgIpc) is 3.16. The molecule has 0 unspecified atom stereocenters. The van der Waals surface area contributed by atoms with Gasteiger partial charge in [-0.15, -0.1) is 0 Å². The van der Waals surface area contributed by atoms with Gasteiger partial charge in [-0.2, -0.15) is 5.10 Å². The van der Waals surface area contributed by atoms with Gasteiger partial charge in [0, 0.05) is 12.6 Å². The Bertz CT molecular complexity index is 1490. The topological polar surface area (TPSA) is 195 Å². The van der Waals surface area contributed by atoms with E-state index in [-0.39, 0.29) is 46.3 Å². The van der Waals surface area contributed by atoms with E-state index >= 15 is 0 Å². The quantitative estimate of drug-likeness (QED) is 0.255. The van der Waals surface area contributed by atoms with Gasteiger partial charge in [-0.1, -0.05) is 6.07 Å². The predicted octanol–water partition coefficient (Wildman–Crippen LogP) is 0.000600. The fourth-order valence-electron chi connectivity index (χ4n) is 2.97. The summed E-state index contributed by atoms with van der Waals surface area (Å²) in [6, 6.07) is 4.86. The molecule has 32 heavy (non-hydrogen) atoms. The van der Waals surface area contributed by atoms with Crippen LogP contribution in [0.4, 0.5) is 27.1 Å². The summed E-state index contributed by atoms with van der Waals surface area (Å²) in [5, 5.41) is 18.2. The predicted molar refractivity (Wildman–Crippen MR) is 111 cm³/mol. The van der Waals surface area contributed by atoms with Crippen molar-refractivity contribution in [2.45, 2.75) is 6.54 Å². The molecule has 0 atom stereocenters. The molecule has 0 aliphatic heterocycles. The lowest BCUT2D eigenvalue weighted by molar-refractivity contribution is 0.0687. The van der Waals surface area contributed by atoms with Crippen molar-refractivity contribution in [3.8, 4) is 0 Å². The summed E-state index contributed by atoms with van der Waals surface area (Å²) < 4.78 is 15.1. The van der Waals surface area contributed by atoms with Crippen LogP contribution in [0.5, 0.6) is 0 Å². The molecule has 2 aromatic carbocycles. The molecule has 12 nitrogen and oxygen atoms in total. The molecule has 1 amide bonds. The van der Waals surface area contributed by atoms with Gasteiger partial charge in [0.1, 0.15) is 22.9 Å². The van der Waals surface area contributed by atoms with Crippen molar-refractivity contribution in [2.75, 3.05) is 16.8 Å². The van der Waals surface area contributed by atoms with E-state index in [1.165, 1.54) is 18.3 Å². The molecule has 2 heterocycles. The molecule has 162 valence electrons. The molecule has 0 aliphatic rings. The van der Waals surface area contributed by atoms with Crippen molar-refractivity contribution in [3.63, 3.8) is 0 Å². The van der Waals surface area contributed by atoms with E-state index in [1.54, 1.807) is 0 Å². The largest absolute Gasteiger partial charge is 0.477 e. The number of nitrogen functional groups attached to an aromatic ring is 2. The Balaban J connectivity index is 1.55. The first-order valence-electron chi connectivity index (χ1n) is 8.97. The lowest BCUT2D eigenvalue weighted by Crippen LogP contribution is -2.36. The third kappa shape index (κ3) is 3.36. The minimum Gasteiger partial charge on any atom is -0.477 e. The number of amides is 1. The number of nitrogens with zero attached hydrogens (tertiary/aromatic N) is 3. The number of nitrogens with one attached hydrogen (secondary N) is 2. The zero-order chi connectivity index (χ0) is 23.2. The molecule has 0 spiro atoms. The Hall–Kier alpha value is -4.81. The van der Waals surface area contributed by atoms with Crippen molar-refractivity contribution in [3.05, 3.63) is 73.7 Å². The second kappa shape index (κ2) is 7.46. The monoisotopic (exact) mass is 439 g/mol. The number of carboxylic acids is 1. The van der Waals surface area contributed by atoms with Gasteiger partial charge in [-0.25, -0.2) is 18.7 Å². The summed E-state index contributed by atoms with van der Waals surface area (Å²) in [6.07, 6.45) is 1.21. The van der Waals surface area contributed by atoms with Crippen molar-refractivity contribution in [2.24, 2.45) is 0 Å². The minimum atomic E-state index is -1.33. The van der Waals surface area contributed by atoms with Crippen LogP contribution in [0.3, 0.4) is 0 Å². The second-order valence-corrected chi connectivity index (χ2v) is 6.74. The van der Waals surface area contributed by atoms with Crippen LogP contribution in [-0.4, -0.2) is 31.6 Å². The third-order valence-corrected chi connectivity index (χ3v) is 4.64. The van der Waals surface area contributed by atoms with Crippen LogP contribution >= 0.6 is 0 Å². The molecule has 0 saturated heterocycles. The van der Waals surface area contributed by atoms with E-state index < -0.39 is 28.6 Å². The van der Waals surface area contributed by atoms with Gasteiger partial charge in [0.25, 0.3) is 16.8 Å². The Kier molecular flexibility index (Phi) is 4.77. The lowest BCUT2D eigenvalue weighted by Gasteiger charge is -2.12. The number of carboxylic acid groups (broad SMARTS) is 1. The maximum absolute atomic E-state index is 14.1. The highest BCUT2D eigenvalue weighted by Gasteiger charge is 2.20. The fraction of sp³-hybridized carbons (Fsp3) is 0.0526. The van der Waals surface area contributed by atoms with E-state index in [4.69, 9.17) is 11.5 Å². The Labute approximate surface area is 177 Å². The van der Waals surface area contributed by atoms with Gasteiger partial charge in [0.2, 0.25) is 0 Å². The van der Waals surface area contributed by atoms with Crippen molar-refractivity contribution < 1.29 is 19.1 Å². The average molecular weight is 439 g/mol. The molecule has 7 N–H and O–H groups in total. The summed E-state index contributed by atoms with van der Waals surface area (Å²) in [5.74, 6) is -2.75. The molecule has 4 rings (SSSR count). The number of benzene rings is 1. The van der Waals surface area contributed by atoms with Crippen molar-refractivity contribution in [1.29, 1.82) is 0 Å². The molecule has 0 fully saturated rings. The van der Waals surface area contributed by atoms with E-state index in [1.807, 2.05) is 0 Å². The summed E-state index contributed by atoms with van der Waals surface area (Å²) in [7, 11) is 0. The number of fused-ring (bicyclic) bond motifs is 1. The zero-order valence-corrected chi connectivity index (χ0v) is 16.0. The zero-order valence-electron chi connectivity index (χ0n) is 16.0. The molecular weight excluding hydrogens is 425 g/mol. The molecule has 4 aromatic rings. The highest BCUT2D eigenvalue weighted by Crippen LogP contribution is 2.22. The molecule has 0 radical (unpaired) electrons. The molecule has 0 aliphatic carbocycles. The van der Waals surface area contributed by atoms with Crippen LogP contribution in [0.25, 0.3) is 5.65 Å². The van der Waals surface area contributed by atoms with Gasteiger partial charge in [-0.3, -0.25) is 14.4 Å². The maximum Gasteiger partial charge on any atom is 0.354 e. The number of aromatic nitrogens is 3. The van der Waals surface area contributed by atoms with Crippen molar-refractivity contribution in [1.82, 2.24) is 19.9 Å². The number of anilines is 4. The van der Waals surface area contributed by atoms with Crippen LogP contribution < -0.4 is 33.0 Å². The third-order valence-electron chi connectivity index (χ3n) is 4.64. The SMILES string of the molecule is Nc1c(Nc2cc(CNC(=O)c3cc(C(=O)O)n4ncc(N)c4n3)ccc2F)c(=O)c1=O.